The minimum atomic E-state index is -0.219. The summed E-state index contributed by atoms with van der Waals surface area (Å²) in [4.78, 5) is 0. The van der Waals surface area contributed by atoms with Crippen LogP contribution in [0, 0.1) is 5.82 Å². The second-order valence-corrected chi connectivity index (χ2v) is 6.13. The molecule has 0 saturated heterocycles. The highest BCUT2D eigenvalue weighted by Crippen LogP contribution is 2.29. The van der Waals surface area contributed by atoms with Crippen molar-refractivity contribution in [3.63, 3.8) is 0 Å². The van der Waals surface area contributed by atoms with Crippen LogP contribution in [-0.2, 0) is 4.74 Å². The zero-order chi connectivity index (χ0) is 14.5. The highest BCUT2D eigenvalue weighted by atomic mass is 79.9. The molecule has 1 unspecified atom stereocenters. The molecule has 108 valence electrons. The maximum atomic E-state index is 13.2. The minimum absolute atomic E-state index is 0.139. The van der Waals surface area contributed by atoms with Crippen molar-refractivity contribution in [2.75, 3.05) is 13.7 Å². The highest BCUT2D eigenvalue weighted by Gasteiger charge is 2.21. The van der Waals surface area contributed by atoms with Crippen molar-refractivity contribution in [1.82, 2.24) is 5.32 Å². The van der Waals surface area contributed by atoms with Crippen LogP contribution in [0.3, 0.4) is 0 Å². The van der Waals surface area contributed by atoms with E-state index in [4.69, 9.17) is 4.74 Å². The van der Waals surface area contributed by atoms with Gasteiger partial charge in [0.1, 0.15) is 5.82 Å². The normalized spacial score (nSPS) is 13.6. The Morgan fingerprint density at radius 2 is 2.11 bits per heavy atom. The number of ether oxygens (including phenoxy) is 1. The van der Waals surface area contributed by atoms with E-state index in [1.807, 2.05) is 6.07 Å². The van der Waals surface area contributed by atoms with Crippen LogP contribution in [0.5, 0.6) is 0 Å². The molecule has 4 heteroatoms. The fourth-order valence-electron chi connectivity index (χ4n) is 1.99. The zero-order valence-electron chi connectivity index (χ0n) is 12.1. The lowest BCUT2D eigenvalue weighted by atomic mass is 9.95. The predicted octanol–water partition coefficient (Wildman–Crippen LogP) is 4.44. The quantitative estimate of drug-likeness (QED) is 0.797. The summed E-state index contributed by atoms with van der Waals surface area (Å²) in [5, 5.41) is 3.45. The largest absolute Gasteiger partial charge is 0.379 e. The first-order valence-electron chi connectivity index (χ1n) is 6.63. The Morgan fingerprint density at radius 1 is 1.42 bits per heavy atom. The smallest absolute Gasteiger partial charge is 0.124 e. The second-order valence-electron chi connectivity index (χ2n) is 5.28. The van der Waals surface area contributed by atoms with Crippen LogP contribution in [-0.4, -0.2) is 19.3 Å². The van der Waals surface area contributed by atoms with Crippen molar-refractivity contribution >= 4 is 15.9 Å². The van der Waals surface area contributed by atoms with Crippen molar-refractivity contribution in [3.05, 3.63) is 34.1 Å². The molecule has 0 aliphatic carbocycles. The number of hydrogen-bond donors (Lipinski definition) is 1. The lowest BCUT2D eigenvalue weighted by Crippen LogP contribution is -2.27. The summed E-state index contributed by atoms with van der Waals surface area (Å²) in [7, 11) is 1.73. The Morgan fingerprint density at radius 3 is 2.63 bits per heavy atom. The van der Waals surface area contributed by atoms with Crippen LogP contribution in [0.4, 0.5) is 4.39 Å². The van der Waals surface area contributed by atoms with Gasteiger partial charge in [-0.25, -0.2) is 4.39 Å². The number of benzene rings is 1. The van der Waals surface area contributed by atoms with Crippen molar-refractivity contribution in [3.8, 4) is 0 Å². The first-order chi connectivity index (χ1) is 8.89. The molecule has 1 N–H and O–H groups in total. The van der Waals surface area contributed by atoms with Gasteiger partial charge in [-0.3, -0.25) is 0 Å². The van der Waals surface area contributed by atoms with E-state index in [0.717, 1.165) is 29.4 Å². The van der Waals surface area contributed by atoms with E-state index < -0.39 is 0 Å². The molecule has 1 atom stereocenters. The molecule has 0 spiro atoms. The SMILES string of the molecule is CCNC(CCC(C)(C)OC)c1ccc(F)cc1Br. The maximum absolute atomic E-state index is 13.2. The van der Waals surface area contributed by atoms with Crippen LogP contribution in [0.2, 0.25) is 0 Å². The summed E-state index contributed by atoms with van der Waals surface area (Å²) in [5.74, 6) is -0.219. The molecule has 1 aromatic carbocycles. The fraction of sp³-hybridized carbons (Fsp3) is 0.600. The van der Waals surface area contributed by atoms with Crippen molar-refractivity contribution in [1.29, 1.82) is 0 Å². The molecule has 0 aromatic heterocycles. The van der Waals surface area contributed by atoms with Gasteiger partial charge >= 0.3 is 0 Å². The van der Waals surface area contributed by atoms with E-state index in [9.17, 15) is 4.39 Å². The van der Waals surface area contributed by atoms with Gasteiger partial charge in [-0.05, 0) is 50.9 Å². The van der Waals surface area contributed by atoms with Gasteiger partial charge in [-0.15, -0.1) is 0 Å². The van der Waals surface area contributed by atoms with E-state index in [2.05, 4.69) is 42.0 Å². The summed E-state index contributed by atoms with van der Waals surface area (Å²) >= 11 is 3.44. The molecule has 0 bridgehead atoms. The summed E-state index contributed by atoms with van der Waals surface area (Å²) in [6, 6.07) is 5.06. The molecule has 1 aromatic rings. The Kier molecular flexibility index (Phi) is 6.43. The van der Waals surface area contributed by atoms with Crippen LogP contribution < -0.4 is 5.32 Å². The topological polar surface area (TPSA) is 21.3 Å². The van der Waals surface area contributed by atoms with Gasteiger partial charge in [0, 0.05) is 17.6 Å². The molecule has 2 nitrogen and oxygen atoms in total. The zero-order valence-corrected chi connectivity index (χ0v) is 13.7. The van der Waals surface area contributed by atoms with E-state index in [-0.39, 0.29) is 17.5 Å². The Balaban J connectivity index is 2.82. The third-order valence-electron chi connectivity index (χ3n) is 3.38. The molecule has 0 aliphatic heterocycles. The van der Waals surface area contributed by atoms with Gasteiger partial charge in [-0.1, -0.05) is 28.9 Å². The van der Waals surface area contributed by atoms with Crippen LogP contribution in [0.25, 0.3) is 0 Å². The molecule has 0 amide bonds. The molecule has 19 heavy (non-hydrogen) atoms. The van der Waals surface area contributed by atoms with Crippen molar-refractivity contribution in [2.45, 2.75) is 45.3 Å². The Labute approximate surface area is 123 Å². The van der Waals surface area contributed by atoms with Gasteiger partial charge in [0.05, 0.1) is 5.60 Å². The van der Waals surface area contributed by atoms with E-state index in [1.54, 1.807) is 7.11 Å². The van der Waals surface area contributed by atoms with Gasteiger partial charge in [-0.2, -0.15) is 0 Å². The summed E-state index contributed by atoms with van der Waals surface area (Å²) in [6.07, 6.45) is 1.88. The summed E-state index contributed by atoms with van der Waals surface area (Å²) < 4.78 is 19.4. The monoisotopic (exact) mass is 331 g/mol. The number of hydrogen-bond acceptors (Lipinski definition) is 2. The van der Waals surface area contributed by atoms with E-state index >= 15 is 0 Å². The number of nitrogens with one attached hydrogen (secondary N) is 1. The molecule has 0 saturated carbocycles. The Hall–Kier alpha value is -0.450. The van der Waals surface area contributed by atoms with Gasteiger partial charge in [0.15, 0.2) is 0 Å². The van der Waals surface area contributed by atoms with Gasteiger partial charge in [0.2, 0.25) is 0 Å². The van der Waals surface area contributed by atoms with Crippen LogP contribution >= 0.6 is 15.9 Å². The molecule has 0 radical (unpaired) electrons. The molecule has 0 heterocycles. The predicted molar refractivity (Wildman–Crippen MR) is 80.8 cm³/mol. The first kappa shape index (κ1) is 16.6. The molecule has 0 fully saturated rings. The van der Waals surface area contributed by atoms with Crippen molar-refractivity contribution < 1.29 is 9.13 Å². The third-order valence-corrected chi connectivity index (χ3v) is 4.06. The molecular formula is C15H23BrFNO. The average molecular weight is 332 g/mol. The van der Waals surface area contributed by atoms with Gasteiger partial charge < -0.3 is 10.1 Å². The second kappa shape index (κ2) is 7.36. The first-order valence-corrected chi connectivity index (χ1v) is 7.42. The van der Waals surface area contributed by atoms with Crippen molar-refractivity contribution in [2.24, 2.45) is 0 Å². The minimum Gasteiger partial charge on any atom is -0.379 e. The molecular weight excluding hydrogens is 309 g/mol. The highest BCUT2D eigenvalue weighted by molar-refractivity contribution is 9.10. The lowest BCUT2D eigenvalue weighted by Gasteiger charge is -2.27. The fourth-order valence-corrected chi connectivity index (χ4v) is 2.62. The number of halogens is 2. The maximum Gasteiger partial charge on any atom is 0.124 e. The third kappa shape index (κ3) is 5.21. The standard InChI is InChI=1S/C15H23BrFNO/c1-5-18-14(8-9-15(2,3)19-4)12-7-6-11(17)10-13(12)16/h6-7,10,14,18H,5,8-9H2,1-4H3. The van der Waals surface area contributed by atoms with E-state index in [0.29, 0.717) is 0 Å². The lowest BCUT2D eigenvalue weighted by molar-refractivity contribution is 0.0117. The van der Waals surface area contributed by atoms with Gasteiger partial charge in [0.25, 0.3) is 0 Å². The number of rotatable bonds is 7. The Bertz CT molecular complexity index is 409. The van der Waals surface area contributed by atoms with Crippen LogP contribution in [0.1, 0.15) is 45.2 Å². The average Bonchev–Trinajstić information content (AvgIpc) is 2.35. The van der Waals surface area contributed by atoms with E-state index in [1.165, 1.54) is 12.1 Å². The number of methoxy groups -OCH3 is 1. The summed E-state index contributed by atoms with van der Waals surface area (Å²) in [5.41, 5.74) is 0.954. The molecule has 1 rings (SSSR count). The summed E-state index contributed by atoms with van der Waals surface area (Å²) in [6.45, 7) is 7.11. The molecule has 0 aliphatic rings. The van der Waals surface area contributed by atoms with Crippen LogP contribution in [0.15, 0.2) is 22.7 Å².